The van der Waals surface area contributed by atoms with E-state index >= 15 is 0 Å². The van der Waals surface area contributed by atoms with Crippen LogP contribution in [0.5, 0.6) is 0 Å². The van der Waals surface area contributed by atoms with Crippen molar-refractivity contribution >= 4 is 0 Å². The Hall–Kier alpha value is -9.92. The fraction of sp³-hybridized carbons (Fsp3) is 0.220. The van der Waals surface area contributed by atoms with Crippen molar-refractivity contribution in [1.29, 1.82) is 0 Å². The first-order valence-electron chi connectivity index (χ1n) is 31.5. The van der Waals surface area contributed by atoms with Crippen molar-refractivity contribution in [2.45, 2.75) is 88.0 Å². The molecule has 8 heteroatoms. The number of aromatic nitrogens is 8. The maximum absolute atomic E-state index is 4.86. The van der Waals surface area contributed by atoms with Crippen molar-refractivity contribution in [2.24, 2.45) is 34.1 Å². The molecule has 0 N–H and O–H groups in total. The van der Waals surface area contributed by atoms with Crippen molar-refractivity contribution in [3.8, 4) is 90.1 Å². The van der Waals surface area contributed by atoms with E-state index < -0.39 is 0 Å². The smallest absolute Gasteiger partial charge is 0.213 e. The number of pyridine rings is 8. The Morgan fingerprint density at radius 3 is 0.967 bits per heavy atom. The van der Waals surface area contributed by atoms with Crippen LogP contribution < -0.4 is 18.3 Å². The van der Waals surface area contributed by atoms with E-state index in [1.807, 2.05) is 13.0 Å². The lowest BCUT2D eigenvalue weighted by molar-refractivity contribution is -0.660. The number of nitrogens with zero attached hydrogens (tertiary/aromatic N) is 8. The normalized spacial score (nSPS) is 10.8. The summed E-state index contributed by atoms with van der Waals surface area (Å²) >= 11 is 0. The highest BCUT2D eigenvalue weighted by molar-refractivity contribution is 5.72. The van der Waals surface area contributed by atoms with Gasteiger partial charge in [-0.3, -0.25) is 19.9 Å². The molecule has 8 nitrogen and oxygen atoms in total. The lowest BCUT2D eigenvalue weighted by Gasteiger charge is -2.09. The molecule has 0 saturated carbocycles. The Morgan fingerprint density at radius 1 is 0.322 bits per heavy atom. The Labute approximate surface area is 535 Å². The van der Waals surface area contributed by atoms with Gasteiger partial charge in [0.05, 0.1) is 22.8 Å². The number of hydrogen-bond donors (Lipinski definition) is 0. The number of aryl methyl sites for hydroxylation is 10. The molecule has 0 bridgehead atoms. The summed E-state index contributed by atoms with van der Waals surface area (Å²) in [7, 11) is 8.34. The quantitative estimate of drug-likeness (QED) is 0.114. The Morgan fingerprint density at radius 2 is 0.633 bits per heavy atom. The Balaban J connectivity index is 0.000000142. The van der Waals surface area contributed by atoms with E-state index in [0.29, 0.717) is 11.8 Å². The zero-order chi connectivity index (χ0) is 63.8. The first-order valence-corrected chi connectivity index (χ1v) is 31.5. The van der Waals surface area contributed by atoms with Crippen molar-refractivity contribution in [1.82, 2.24) is 19.9 Å². The molecule has 0 fully saturated rings. The van der Waals surface area contributed by atoms with Crippen molar-refractivity contribution in [3.63, 3.8) is 0 Å². The molecule has 12 rings (SSSR count). The van der Waals surface area contributed by atoms with Crippen LogP contribution in [0, 0.1) is 40.5 Å². The molecular formula is C82H88N8+4. The van der Waals surface area contributed by atoms with Gasteiger partial charge in [-0.15, -0.1) is 0 Å². The minimum absolute atomic E-state index is 0.436. The first-order chi connectivity index (χ1) is 43.4. The van der Waals surface area contributed by atoms with Gasteiger partial charge in [0.2, 0.25) is 22.8 Å². The molecule has 0 aliphatic carbocycles. The molecule has 0 radical (unpaired) electrons. The van der Waals surface area contributed by atoms with Crippen LogP contribution in [0.1, 0.15) is 85.6 Å². The van der Waals surface area contributed by atoms with E-state index in [4.69, 9.17) is 15.0 Å². The zero-order valence-corrected chi connectivity index (χ0v) is 55.2. The lowest BCUT2D eigenvalue weighted by atomic mass is 10.0. The molecule has 90 heavy (non-hydrogen) atoms. The molecular weight excluding hydrogens is 1100 g/mol. The van der Waals surface area contributed by atoms with Gasteiger partial charge >= 0.3 is 0 Å². The summed E-state index contributed by atoms with van der Waals surface area (Å²) in [5.74, 6) is 1.05. The molecule has 452 valence electrons. The number of hydrogen-bond acceptors (Lipinski definition) is 4. The second-order valence-corrected chi connectivity index (χ2v) is 24.2. The van der Waals surface area contributed by atoms with Crippen LogP contribution in [0.25, 0.3) is 90.1 Å². The molecule has 0 saturated heterocycles. The minimum atomic E-state index is 0.436. The van der Waals surface area contributed by atoms with E-state index in [0.717, 1.165) is 80.6 Å². The summed E-state index contributed by atoms with van der Waals surface area (Å²) in [5, 5.41) is 0. The molecule has 4 aromatic carbocycles. The molecule has 8 aromatic heterocycles. The van der Waals surface area contributed by atoms with Crippen LogP contribution in [-0.4, -0.2) is 19.9 Å². The van der Waals surface area contributed by atoms with Gasteiger partial charge in [-0.1, -0.05) is 132 Å². The average molecular weight is 1190 g/mol. The van der Waals surface area contributed by atoms with Gasteiger partial charge in [0.15, 0.2) is 24.8 Å². The van der Waals surface area contributed by atoms with Crippen LogP contribution in [0.2, 0.25) is 0 Å². The highest BCUT2D eigenvalue weighted by Gasteiger charge is 2.19. The molecule has 0 spiro atoms. The fourth-order valence-corrected chi connectivity index (χ4v) is 11.1. The van der Waals surface area contributed by atoms with E-state index in [2.05, 4.69) is 351 Å². The summed E-state index contributed by atoms with van der Waals surface area (Å²) in [4.78, 5) is 19.0. The number of rotatable bonds is 12. The third-order valence-electron chi connectivity index (χ3n) is 16.3. The highest BCUT2D eigenvalue weighted by Crippen LogP contribution is 2.30. The van der Waals surface area contributed by atoms with Gasteiger partial charge < -0.3 is 0 Å². The van der Waals surface area contributed by atoms with E-state index in [9.17, 15) is 0 Å². The maximum atomic E-state index is 4.86. The summed E-state index contributed by atoms with van der Waals surface area (Å²) in [6.45, 7) is 21.6. The van der Waals surface area contributed by atoms with Crippen molar-refractivity contribution < 1.29 is 18.3 Å². The topological polar surface area (TPSA) is 67.1 Å². The predicted molar refractivity (Wildman–Crippen MR) is 371 cm³/mol. The fourth-order valence-electron chi connectivity index (χ4n) is 11.1. The van der Waals surface area contributed by atoms with Crippen molar-refractivity contribution in [3.05, 3.63) is 288 Å². The van der Waals surface area contributed by atoms with E-state index in [1.165, 1.54) is 67.3 Å². The third kappa shape index (κ3) is 16.4. The van der Waals surface area contributed by atoms with Gasteiger partial charge in [-0.2, -0.15) is 0 Å². The monoisotopic (exact) mass is 1180 g/mol. The van der Waals surface area contributed by atoms with E-state index in [-0.39, 0.29) is 0 Å². The molecule has 0 atom stereocenters. The van der Waals surface area contributed by atoms with Gasteiger partial charge in [0, 0.05) is 116 Å². The van der Waals surface area contributed by atoms with Crippen LogP contribution >= 0.6 is 0 Å². The van der Waals surface area contributed by atoms with Gasteiger partial charge in [-0.25, -0.2) is 18.3 Å². The molecule has 0 aliphatic heterocycles. The predicted octanol–water partition coefficient (Wildman–Crippen LogP) is 17.4. The van der Waals surface area contributed by atoms with Gasteiger partial charge in [0.1, 0.15) is 28.2 Å². The Bertz CT molecular complexity index is 4410. The molecule has 0 amide bonds. The van der Waals surface area contributed by atoms with Crippen LogP contribution in [0.3, 0.4) is 0 Å². The molecule has 0 unspecified atom stereocenters. The van der Waals surface area contributed by atoms with Gasteiger partial charge in [-0.05, 0) is 154 Å². The molecule has 0 aliphatic rings. The first kappa shape index (κ1) is 64.6. The summed E-state index contributed by atoms with van der Waals surface area (Å²) < 4.78 is 8.65. The standard InChI is InChI=1S/C22H25N2.C21H23N2.C20H21N2.C19H19N2/c1-16(2)14-19-9-7-11-21(23-19)18-12-13-24(4)22(15-18)20-10-6-5-8-17(20)3;1-15(2)19-10-7-11-20(22-19)17-12-13-23(4)21(14-17)18-9-6-5-8-16(18)3;1-4-17-9-7-11-19(21-17)16-12-13-22(3)20(14-16)18-10-6-5-8-15(18)2;1-14-7-4-5-9-17(14)19-13-16(11-12-21(19)3)18-10-6-8-15(2)20-18/h5-13,15-16H,14H2,1-4H3;5-15H,1-4H3;5-14H,4H2,1-3H3;4-13H,1-3H3/q4*+1. The molecule has 8 heterocycles. The SMILES string of the molecule is CCc1cccc(-c2cc[n+](C)c(-c3ccccc3C)c2)n1.Cc1cccc(-c2cc[n+](C)c(-c3ccccc3C)c2)n1.Cc1ccccc1-c1cc(-c2cccc(C(C)C)n2)cc[n+]1C.Cc1ccccc1-c1cc(-c2cccc(CC(C)C)n2)cc[n+]1C. The largest absolute Gasteiger partial charge is 0.253 e. The maximum Gasteiger partial charge on any atom is 0.213 e. The van der Waals surface area contributed by atoms with Crippen LogP contribution in [0.4, 0.5) is 0 Å². The van der Waals surface area contributed by atoms with Crippen LogP contribution in [0.15, 0.2) is 243 Å². The second-order valence-electron chi connectivity index (χ2n) is 24.2. The highest BCUT2D eigenvalue weighted by atomic mass is 14.9. The average Bonchev–Trinajstić information content (AvgIpc) is 1.17. The summed E-state index contributed by atoms with van der Waals surface area (Å²) in [5.41, 5.74) is 28.2. The lowest BCUT2D eigenvalue weighted by Crippen LogP contribution is -2.30. The van der Waals surface area contributed by atoms with E-state index in [1.54, 1.807) is 0 Å². The second kappa shape index (κ2) is 30.3. The third-order valence-corrected chi connectivity index (χ3v) is 16.3. The minimum Gasteiger partial charge on any atom is -0.253 e. The summed E-state index contributed by atoms with van der Waals surface area (Å²) in [6.07, 6.45) is 10.4. The van der Waals surface area contributed by atoms with Crippen LogP contribution in [-0.2, 0) is 41.0 Å². The molecule has 12 aromatic rings. The summed E-state index contributed by atoms with van der Waals surface area (Å²) in [6, 6.07) is 76.4. The van der Waals surface area contributed by atoms with Crippen molar-refractivity contribution in [2.75, 3.05) is 0 Å². The Kier molecular flexibility index (Phi) is 21.8. The zero-order valence-electron chi connectivity index (χ0n) is 55.2. The van der Waals surface area contributed by atoms with Gasteiger partial charge in [0.25, 0.3) is 0 Å². The number of benzene rings is 4.